The van der Waals surface area contributed by atoms with Gasteiger partial charge in [-0.15, -0.1) is 0 Å². The first-order valence-electron chi connectivity index (χ1n) is 6.07. The molecule has 110 valence electrons. The number of anilines is 1. The predicted molar refractivity (Wildman–Crippen MR) is 79.6 cm³/mol. The van der Waals surface area contributed by atoms with Gasteiger partial charge in [0.1, 0.15) is 0 Å². The molecule has 0 aliphatic rings. The SMILES string of the molecule is CN(Cc1ccccc1Br)c1ccc(C(=O)O)c(F)c1F. The Hall–Kier alpha value is -1.95. The van der Waals surface area contributed by atoms with Gasteiger partial charge in [-0.1, -0.05) is 34.1 Å². The van der Waals surface area contributed by atoms with Crippen LogP contribution in [0.25, 0.3) is 0 Å². The lowest BCUT2D eigenvalue weighted by atomic mass is 10.1. The van der Waals surface area contributed by atoms with Gasteiger partial charge in [-0.25, -0.2) is 13.6 Å². The number of rotatable bonds is 4. The summed E-state index contributed by atoms with van der Waals surface area (Å²) in [5.74, 6) is -4.00. The predicted octanol–water partition coefficient (Wildman–Crippen LogP) is 4.06. The Kier molecular flexibility index (Phi) is 4.57. The van der Waals surface area contributed by atoms with Gasteiger partial charge in [0.15, 0.2) is 11.6 Å². The molecule has 0 amide bonds. The third kappa shape index (κ3) is 3.21. The number of halogens is 3. The minimum absolute atomic E-state index is 0.00764. The largest absolute Gasteiger partial charge is 0.478 e. The Morgan fingerprint density at radius 1 is 1.19 bits per heavy atom. The van der Waals surface area contributed by atoms with E-state index in [0.29, 0.717) is 6.54 Å². The maximum absolute atomic E-state index is 14.0. The van der Waals surface area contributed by atoms with E-state index in [1.54, 1.807) is 7.05 Å². The fourth-order valence-corrected chi connectivity index (χ4v) is 2.38. The lowest BCUT2D eigenvalue weighted by molar-refractivity contribution is 0.0690. The molecule has 0 fully saturated rings. The summed E-state index contributed by atoms with van der Waals surface area (Å²) >= 11 is 3.39. The number of benzene rings is 2. The lowest BCUT2D eigenvalue weighted by Crippen LogP contribution is -2.19. The van der Waals surface area contributed by atoms with Gasteiger partial charge < -0.3 is 10.0 Å². The highest BCUT2D eigenvalue weighted by Gasteiger charge is 2.20. The molecule has 6 heteroatoms. The molecule has 3 nitrogen and oxygen atoms in total. The smallest absolute Gasteiger partial charge is 0.338 e. The van der Waals surface area contributed by atoms with Gasteiger partial charge in [0.25, 0.3) is 0 Å². The topological polar surface area (TPSA) is 40.5 Å². The molecular weight excluding hydrogens is 344 g/mol. The summed E-state index contributed by atoms with van der Waals surface area (Å²) in [6.07, 6.45) is 0. The molecular formula is C15H12BrF2NO2. The van der Waals surface area contributed by atoms with Crippen LogP contribution in [0.4, 0.5) is 14.5 Å². The highest BCUT2D eigenvalue weighted by atomic mass is 79.9. The van der Waals surface area contributed by atoms with Gasteiger partial charge in [0.2, 0.25) is 0 Å². The quantitative estimate of drug-likeness (QED) is 0.898. The van der Waals surface area contributed by atoms with Crippen molar-refractivity contribution in [1.29, 1.82) is 0 Å². The van der Waals surface area contributed by atoms with Crippen LogP contribution in [0.3, 0.4) is 0 Å². The first-order valence-corrected chi connectivity index (χ1v) is 6.87. The normalized spacial score (nSPS) is 10.5. The van der Waals surface area contributed by atoms with Crippen LogP contribution in [-0.2, 0) is 6.54 Å². The van der Waals surface area contributed by atoms with Gasteiger partial charge in [0, 0.05) is 18.1 Å². The van der Waals surface area contributed by atoms with Crippen molar-refractivity contribution >= 4 is 27.6 Å². The van der Waals surface area contributed by atoms with Crippen molar-refractivity contribution in [3.63, 3.8) is 0 Å². The third-order valence-electron chi connectivity index (χ3n) is 3.07. The zero-order chi connectivity index (χ0) is 15.6. The van der Waals surface area contributed by atoms with Crippen molar-refractivity contribution in [2.45, 2.75) is 6.54 Å². The zero-order valence-corrected chi connectivity index (χ0v) is 12.7. The summed E-state index contributed by atoms with van der Waals surface area (Å²) in [5.41, 5.74) is 0.237. The average Bonchev–Trinajstić information content (AvgIpc) is 2.43. The summed E-state index contributed by atoms with van der Waals surface area (Å²) in [6.45, 7) is 0.351. The van der Waals surface area contributed by atoms with Crippen molar-refractivity contribution in [3.8, 4) is 0 Å². The zero-order valence-electron chi connectivity index (χ0n) is 11.1. The van der Waals surface area contributed by atoms with Crippen molar-refractivity contribution < 1.29 is 18.7 Å². The highest BCUT2D eigenvalue weighted by Crippen LogP contribution is 2.26. The third-order valence-corrected chi connectivity index (χ3v) is 3.84. The summed E-state index contributed by atoms with van der Waals surface area (Å²) in [6, 6.07) is 9.74. The molecule has 1 N–H and O–H groups in total. The summed E-state index contributed by atoms with van der Waals surface area (Å²) in [7, 11) is 1.61. The molecule has 21 heavy (non-hydrogen) atoms. The van der Waals surface area contributed by atoms with Crippen LogP contribution in [0.2, 0.25) is 0 Å². The van der Waals surface area contributed by atoms with Crippen LogP contribution >= 0.6 is 15.9 Å². The van der Waals surface area contributed by atoms with E-state index in [2.05, 4.69) is 15.9 Å². The second kappa shape index (κ2) is 6.22. The van der Waals surface area contributed by atoms with Gasteiger partial charge in [-0.05, 0) is 23.8 Å². The van der Waals surface area contributed by atoms with Crippen LogP contribution in [0.5, 0.6) is 0 Å². The molecule has 2 aromatic rings. The number of carbonyl (C=O) groups is 1. The molecule has 0 spiro atoms. The molecule has 2 aromatic carbocycles. The number of carboxylic acids is 1. The van der Waals surface area contributed by atoms with Crippen molar-refractivity contribution in [1.82, 2.24) is 0 Å². The lowest BCUT2D eigenvalue weighted by Gasteiger charge is -2.21. The number of hydrogen-bond donors (Lipinski definition) is 1. The van der Waals surface area contributed by atoms with E-state index in [0.717, 1.165) is 16.1 Å². The standard InChI is InChI=1S/C15H12BrF2NO2/c1-19(8-9-4-2-3-5-11(9)16)12-7-6-10(15(20)21)13(17)14(12)18/h2-7H,8H2,1H3,(H,20,21). The van der Waals surface area contributed by atoms with E-state index in [9.17, 15) is 13.6 Å². The van der Waals surface area contributed by atoms with E-state index in [4.69, 9.17) is 5.11 Å². The Bertz CT molecular complexity index is 691. The number of hydrogen-bond acceptors (Lipinski definition) is 2. The maximum Gasteiger partial charge on any atom is 0.338 e. The van der Waals surface area contributed by atoms with Crippen molar-refractivity contribution in [2.24, 2.45) is 0 Å². The van der Waals surface area contributed by atoms with E-state index < -0.39 is 23.2 Å². The molecule has 0 aliphatic carbocycles. The molecule has 0 atom stereocenters. The second-order valence-electron chi connectivity index (χ2n) is 4.51. The molecule has 2 rings (SSSR count). The molecule has 0 aromatic heterocycles. The van der Waals surface area contributed by atoms with E-state index in [-0.39, 0.29) is 5.69 Å². The molecule has 0 unspecified atom stereocenters. The van der Waals surface area contributed by atoms with E-state index in [1.807, 2.05) is 24.3 Å². The van der Waals surface area contributed by atoms with Gasteiger partial charge in [-0.3, -0.25) is 0 Å². The molecule has 0 saturated heterocycles. The average molecular weight is 356 g/mol. The summed E-state index contributed by atoms with van der Waals surface area (Å²) < 4.78 is 28.5. The first-order chi connectivity index (χ1) is 9.91. The highest BCUT2D eigenvalue weighted by molar-refractivity contribution is 9.10. The number of aromatic carboxylic acids is 1. The Balaban J connectivity index is 2.32. The number of carboxylic acid groups (broad SMARTS) is 1. The Morgan fingerprint density at radius 2 is 1.86 bits per heavy atom. The molecule has 0 heterocycles. The van der Waals surface area contributed by atoms with Gasteiger partial charge >= 0.3 is 5.97 Å². The van der Waals surface area contributed by atoms with Gasteiger partial charge in [0.05, 0.1) is 11.3 Å². The van der Waals surface area contributed by atoms with Gasteiger partial charge in [-0.2, -0.15) is 0 Å². The minimum atomic E-state index is -1.49. The fourth-order valence-electron chi connectivity index (χ4n) is 1.97. The van der Waals surface area contributed by atoms with Crippen LogP contribution in [0.15, 0.2) is 40.9 Å². The molecule has 0 bridgehead atoms. The molecule has 0 saturated carbocycles. The second-order valence-corrected chi connectivity index (χ2v) is 5.37. The Labute approximate surface area is 128 Å². The van der Waals surface area contributed by atoms with E-state index in [1.165, 1.54) is 11.0 Å². The van der Waals surface area contributed by atoms with E-state index >= 15 is 0 Å². The van der Waals surface area contributed by atoms with Crippen LogP contribution < -0.4 is 4.90 Å². The number of nitrogens with zero attached hydrogens (tertiary/aromatic N) is 1. The molecule has 0 radical (unpaired) electrons. The summed E-state index contributed by atoms with van der Waals surface area (Å²) in [5, 5.41) is 8.76. The monoisotopic (exact) mass is 355 g/mol. The van der Waals surface area contributed by atoms with Crippen LogP contribution in [0, 0.1) is 11.6 Å². The first kappa shape index (κ1) is 15.4. The molecule has 0 aliphatic heterocycles. The van der Waals surface area contributed by atoms with Crippen LogP contribution in [-0.4, -0.2) is 18.1 Å². The maximum atomic E-state index is 14.0. The summed E-state index contributed by atoms with van der Waals surface area (Å²) in [4.78, 5) is 12.3. The van der Waals surface area contributed by atoms with Crippen molar-refractivity contribution in [2.75, 3.05) is 11.9 Å². The minimum Gasteiger partial charge on any atom is -0.478 e. The fraction of sp³-hybridized carbons (Fsp3) is 0.133. The Morgan fingerprint density at radius 3 is 2.48 bits per heavy atom. The van der Waals surface area contributed by atoms with Crippen molar-refractivity contribution in [3.05, 3.63) is 63.6 Å². The van der Waals surface area contributed by atoms with Crippen LogP contribution in [0.1, 0.15) is 15.9 Å².